The van der Waals surface area contributed by atoms with Gasteiger partial charge in [0, 0.05) is 0 Å². The number of aliphatic hydroxyl groups excluding tert-OH is 1. The normalized spacial score (nSPS) is 22.4. The Morgan fingerprint density at radius 3 is 1.83 bits per heavy atom. The molecule has 68 valence electrons. The Labute approximate surface area is 74.8 Å². The van der Waals surface area contributed by atoms with Crippen molar-refractivity contribution in [2.75, 3.05) is 0 Å². The summed E-state index contributed by atoms with van der Waals surface area (Å²) in [6, 6.07) is 0. The summed E-state index contributed by atoms with van der Waals surface area (Å²) in [5.41, 5.74) is 3.94. The van der Waals surface area contributed by atoms with Crippen LogP contribution in [0.15, 0.2) is 22.5 Å². The third kappa shape index (κ3) is 1.90. The molecular formula is C11H18O. The monoisotopic (exact) mass is 166 g/mol. The van der Waals surface area contributed by atoms with E-state index >= 15 is 0 Å². The highest BCUT2D eigenvalue weighted by Gasteiger charge is 2.14. The van der Waals surface area contributed by atoms with E-state index in [1.54, 1.807) is 6.92 Å². The molecule has 1 N–H and O–H groups in total. The molecule has 1 rings (SSSR count). The van der Waals surface area contributed by atoms with E-state index in [2.05, 4.69) is 13.8 Å². The molecule has 0 aromatic rings. The summed E-state index contributed by atoms with van der Waals surface area (Å²) in [6.45, 7) is 6.05. The van der Waals surface area contributed by atoms with Crippen LogP contribution in [0.25, 0.3) is 0 Å². The maximum atomic E-state index is 9.44. The predicted molar refractivity (Wildman–Crippen MR) is 52.2 cm³/mol. The van der Waals surface area contributed by atoms with E-state index < -0.39 is 0 Å². The van der Waals surface area contributed by atoms with Gasteiger partial charge in [-0.1, -0.05) is 5.57 Å². The number of rotatable bonds is 0. The minimum atomic E-state index is 0.519. The maximum Gasteiger partial charge on any atom is 0.0926 e. The highest BCUT2D eigenvalue weighted by molar-refractivity contribution is 5.36. The predicted octanol–water partition coefficient (Wildman–Crippen LogP) is 3.73. The second-order valence-electron chi connectivity index (χ2n) is 3.75. The lowest BCUT2D eigenvalue weighted by Gasteiger charge is -2.20. The van der Waals surface area contributed by atoms with Crippen LogP contribution in [0.2, 0.25) is 0 Å². The van der Waals surface area contributed by atoms with Crippen molar-refractivity contribution in [1.29, 1.82) is 0 Å². The zero-order valence-corrected chi connectivity index (χ0v) is 8.28. The fourth-order valence-electron chi connectivity index (χ4n) is 1.86. The standard InChI is InChI=1S/C11H18O/c1-8(2)10-6-4-5-7-11(10)9(3)12/h12H,4-7H2,1-3H3/b11-9+. The third-order valence-corrected chi connectivity index (χ3v) is 2.51. The molecule has 12 heavy (non-hydrogen) atoms. The van der Waals surface area contributed by atoms with Crippen molar-refractivity contribution in [2.45, 2.75) is 46.5 Å². The number of allylic oxidation sites excluding steroid dienone is 4. The molecular weight excluding hydrogens is 148 g/mol. The first-order valence-electron chi connectivity index (χ1n) is 4.68. The molecule has 0 radical (unpaired) electrons. The highest BCUT2D eigenvalue weighted by atomic mass is 16.3. The lowest BCUT2D eigenvalue weighted by Crippen LogP contribution is -2.02. The van der Waals surface area contributed by atoms with Gasteiger partial charge >= 0.3 is 0 Å². The smallest absolute Gasteiger partial charge is 0.0926 e. The van der Waals surface area contributed by atoms with Crippen molar-refractivity contribution in [3.05, 3.63) is 22.5 Å². The molecule has 0 heterocycles. The van der Waals surface area contributed by atoms with Crippen LogP contribution < -0.4 is 0 Å². The Morgan fingerprint density at radius 1 is 1.00 bits per heavy atom. The third-order valence-electron chi connectivity index (χ3n) is 2.51. The fraction of sp³-hybridized carbons (Fsp3) is 0.636. The maximum absolute atomic E-state index is 9.44. The number of aliphatic hydroxyl groups is 1. The number of hydrogen-bond acceptors (Lipinski definition) is 1. The van der Waals surface area contributed by atoms with Crippen molar-refractivity contribution >= 4 is 0 Å². The largest absolute Gasteiger partial charge is 0.512 e. The molecule has 0 aromatic carbocycles. The molecule has 1 saturated carbocycles. The van der Waals surface area contributed by atoms with Gasteiger partial charge in [0.05, 0.1) is 5.76 Å². The first-order chi connectivity index (χ1) is 5.63. The fourth-order valence-corrected chi connectivity index (χ4v) is 1.86. The van der Waals surface area contributed by atoms with E-state index in [0.29, 0.717) is 5.76 Å². The summed E-state index contributed by atoms with van der Waals surface area (Å²) in [5, 5.41) is 9.44. The van der Waals surface area contributed by atoms with Gasteiger partial charge in [-0.15, -0.1) is 0 Å². The molecule has 1 aliphatic rings. The van der Waals surface area contributed by atoms with Gasteiger partial charge < -0.3 is 5.11 Å². The van der Waals surface area contributed by atoms with Gasteiger partial charge in [-0.3, -0.25) is 0 Å². The molecule has 0 aliphatic heterocycles. The second kappa shape index (κ2) is 3.79. The van der Waals surface area contributed by atoms with Crippen LogP contribution in [-0.4, -0.2) is 5.11 Å². The SMILES string of the molecule is CC(C)=C1CCCC/C1=C(/C)O. The zero-order valence-electron chi connectivity index (χ0n) is 8.28. The lowest BCUT2D eigenvalue weighted by atomic mass is 9.86. The summed E-state index contributed by atoms with van der Waals surface area (Å²) in [7, 11) is 0. The topological polar surface area (TPSA) is 20.2 Å². The van der Waals surface area contributed by atoms with Crippen molar-refractivity contribution in [3.63, 3.8) is 0 Å². The first kappa shape index (κ1) is 9.37. The molecule has 0 bridgehead atoms. The molecule has 1 fully saturated rings. The Hall–Kier alpha value is -0.720. The van der Waals surface area contributed by atoms with E-state index in [1.807, 2.05) is 0 Å². The van der Waals surface area contributed by atoms with E-state index in [-0.39, 0.29) is 0 Å². The first-order valence-corrected chi connectivity index (χ1v) is 4.68. The van der Waals surface area contributed by atoms with Crippen molar-refractivity contribution in [3.8, 4) is 0 Å². The molecule has 0 atom stereocenters. The van der Waals surface area contributed by atoms with Crippen LogP contribution in [0, 0.1) is 0 Å². The van der Waals surface area contributed by atoms with Gasteiger partial charge in [0.1, 0.15) is 0 Å². The van der Waals surface area contributed by atoms with Crippen LogP contribution in [0.3, 0.4) is 0 Å². The quantitative estimate of drug-likeness (QED) is 0.544. The minimum absolute atomic E-state index is 0.519. The van der Waals surface area contributed by atoms with Crippen LogP contribution in [0.5, 0.6) is 0 Å². The molecule has 0 aromatic heterocycles. The van der Waals surface area contributed by atoms with Crippen LogP contribution >= 0.6 is 0 Å². The highest BCUT2D eigenvalue weighted by Crippen LogP contribution is 2.32. The van der Waals surface area contributed by atoms with Gasteiger partial charge in [0.15, 0.2) is 0 Å². The van der Waals surface area contributed by atoms with E-state index in [9.17, 15) is 5.11 Å². The minimum Gasteiger partial charge on any atom is -0.512 e. The molecule has 1 aliphatic carbocycles. The van der Waals surface area contributed by atoms with Crippen LogP contribution in [-0.2, 0) is 0 Å². The molecule has 0 unspecified atom stereocenters. The average Bonchev–Trinajstić information content (AvgIpc) is 2.04. The summed E-state index contributed by atoms with van der Waals surface area (Å²) < 4.78 is 0. The zero-order chi connectivity index (χ0) is 9.14. The van der Waals surface area contributed by atoms with E-state index in [0.717, 1.165) is 12.8 Å². The Balaban J connectivity index is 2.98. The molecule has 0 saturated heterocycles. The second-order valence-corrected chi connectivity index (χ2v) is 3.75. The van der Waals surface area contributed by atoms with Crippen molar-refractivity contribution < 1.29 is 5.11 Å². The van der Waals surface area contributed by atoms with Gasteiger partial charge in [-0.05, 0) is 57.6 Å². The van der Waals surface area contributed by atoms with Gasteiger partial charge in [0.2, 0.25) is 0 Å². The molecule has 1 heteroatoms. The van der Waals surface area contributed by atoms with Gasteiger partial charge in [0.25, 0.3) is 0 Å². The van der Waals surface area contributed by atoms with Crippen LogP contribution in [0.1, 0.15) is 46.5 Å². The van der Waals surface area contributed by atoms with E-state index in [4.69, 9.17) is 0 Å². The summed E-state index contributed by atoms with van der Waals surface area (Å²) in [5.74, 6) is 0.519. The molecule has 0 amide bonds. The number of hydrogen-bond donors (Lipinski definition) is 1. The Morgan fingerprint density at radius 2 is 1.50 bits per heavy atom. The lowest BCUT2D eigenvalue weighted by molar-refractivity contribution is 0.401. The van der Waals surface area contributed by atoms with Crippen molar-refractivity contribution in [1.82, 2.24) is 0 Å². The van der Waals surface area contributed by atoms with Crippen molar-refractivity contribution in [2.24, 2.45) is 0 Å². The summed E-state index contributed by atoms with van der Waals surface area (Å²) >= 11 is 0. The summed E-state index contributed by atoms with van der Waals surface area (Å²) in [4.78, 5) is 0. The van der Waals surface area contributed by atoms with Crippen LogP contribution in [0.4, 0.5) is 0 Å². The Kier molecular flexibility index (Phi) is 2.96. The van der Waals surface area contributed by atoms with Gasteiger partial charge in [-0.25, -0.2) is 0 Å². The Bertz CT molecular complexity index is 199. The summed E-state index contributed by atoms with van der Waals surface area (Å²) in [6.07, 6.45) is 4.71. The van der Waals surface area contributed by atoms with Gasteiger partial charge in [-0.2, -0.15) is 0 Å². The van der Waals surface area contributed by atoms with E-state index in [1.165, 1.54) is 29.6 Å². The average molecular weight is 166 g/mol. The molecule has 0 spiro atoms. The molecule has 1 nitrogen and oxygen atoms in total.